The van der Waals surface area contributed by atoms with E-state index >= 15 is 0 Å². The van der Waals surface area contributed by atoms with Crippen molar-refractivity contribution in [3.05, 3.63) is 65.8 Å². The number of allylic oxidation sites excluding steroid dienone is 2. The van der Waals surface area contributed by atoms with Gasteiger partial charge in [0.2, 0.25) is 5.65 Å². The Morgan fingerprint density at radius 1 is 1.26 bits per heavy atom. The molecule has 4 rings (SSSR count). The van der Waals surface area contributed by atoms with Crippen LogP contribution in [0.3, 0.4) is 0 Å². The minimum Gasteiger partial charge on any atom is -0.402 e. The second-order valence-electron chi connectivity index (χ2n) is 6.11. The number of rotatable bonds is 5. The van der Waals surface area contributed by atoms with Crippen molar-refractivity contribution in [3.8, 4) is 0 Å². The van der Waals surface area contributed by atoms with E-state index in [9.17, 15) is 0 Å². The van der Waals surface area contributed by atoms with E-state index in [2.05, 4.69) is 36.3 Å². The van der Waals surface area contributed by atoms with Crippen LogP contribution in [0, 0.1) is 0 Å². The van der Waals surface area contributed by atoms with Gasteiger partial charge in [-0.2, -0.15) is 0 Å². The molecule has 0 amide bonds. The van der Waals surface area contributed by atoms with Gasteiger partial charge in [-0.1, -0.05) is 17.3 Å². The summed E-state index contributed by atoms with van der Waals surface area (Å²) < 4.78 is 1.75. The lowest BCUT2D eigenvalue weighted by atomic mass is 10.1. The molecule has 8 nitrogen and oxygen atoms in total. The molecule has 0 aliphatic carbocycles. The Hall–Kier alpha value is -3.68. The average Bonchev–Trinajstić information content (AvgIpc) is 3.08. The van der Waals surface area contributed by atoms with Crippen LogP contribution in [0.25, 0.3) is 22.2 Å². The number of nitrogens with two attached hydrogens (primary N) is 1. The molecule has 0 atom stereocenters. The predicted octanol–water partition coefficient (Wildman–Crippen LogP) is 1.90. The lowest BCUT2D eigenvalue weighted by Crippen LogP contribution is -2.07. The second kappa shape index (κ2) is 7.28. The molecule has 0 spiro atoms. The van der Waals surface area contributed by atoms with Gasteiger partial charge in [-0.05, 0) is 29.8 Å². The van der Waals surface area contributed by atoms with Crippen LogP contribution in [0.15, 0.2) is 59.5 Å². The summed E-state index contributed by atoms with van der Waals surface area (Å²) in [6, 6.07) is 10.1. The molecule has 2 N–H and O–H groups in total. The molecule has 1 aromatic carbocycles. The van der Waals surface area contributed by atoms with Crippen LogP contribution in [0.4, 0.5) is 0 Å². The van der Waals surface area contributed by atoms with E-state index in [-0.39, 0.29) is 0 Å². The van der Waals surface area contributed by atoms with Crippen molar-refractivity contribution in [2.24, 2.45) is 10.7 Å². The van der Waals surface area contributed by atoms with Crippen molar-refractivity contribution in [2.75, 3.05) is 7.05 Å². The van der Waals surface area contributed by atoms with Crippen molar-refractivity contribution >= 4 is 28.4 Å². The second-order valence-corrected chi connectivity index (χ2v) is 6.11. The van der Waals surface area contributed by atoms with Crippen LogP contribution in [0.5, 0.6) is 0 Å². The van der Waals surface area contributed by atoms with E-state index in [0.717, 1.165) is 22.2 Å². The molecule has 27 heavy (non-hydrogen) atoms. The zero-order valence-corrected chi connectivity index (χ0v) is 14.8. The first-order valence-corrected chi connectivity index (χ1v) is 8.48. The van der Waals surface area contributed by atoms with E-state index in [1.54, 1.807) is 36.4 Å². The highest BCUT2D eigenvalue weighted by atomic mass is 15.4. The molecule has 134 valence electrons. The fourth-order valence-corrected chi connectivity index (χ4v) is 2.82. The Morgan fingerprint density at radius 2 is 2.19 bits per heavy atom. The first-order chi connectivity index (χ1) is 13.2. The fraction of sp³-hybridized carbons (Fsp3) is 0.158. The van der Waals surface area contributed by atoms with Crippen molar-refractivity contribution in [2.45, 2.75) is 13.0 Å². The Bertz CT molecular complexity index is 1160. The van der Waals surface area contributed by atoms with Gasteiger partial charge in [0.15, 0.2) is 5.65 Å². The lowest BCUT2D eigenvalue weighted by Gasteiger charge is -2.05. The molecular formula is C19H18N8. The summed E-state index contributed by atoms with van der Waals surface area (Å²) >= 11 is 0. The zero-order chi connectivity index (χ0) is 18.6. The van der Waals surface area contributed by atoms with E-state index in [1.807, 2.05) is 24.3 Å². The molecule has 3 aromatic heterocycles. The summed E-state index contributed by atoms with van der Waals surface area (Å²) in [5, 5.41) is 9.39. The van der Waals surface area contributed by atoms with Crippen LogP contribution in [-0.2, 0) is 13.0 Å². The average molecular weight is 358 g/mol. The SMILES string of the molecule is CN=CC=C(N)Cc1cnc2nnn(Cc3ccc4ncccc4c3)c2n1. The number of aromatic nitrogens is 6. The fourth-order valence-electron chi connectivity index (χ4n) is 2.82. The van der Waals surface area contributed by atoms with Crippen LogP contribution in [0.1, 0.15) is 11.3 Å². The maximum absolute atomic E-state index is 5.98. The minimum atomic E-state index is 0.488. The van der Waals surface area contributed by atoms with Gasteiger partial charge in [-0.15, -0.1) is 5.10 Å². The van der Waals surface area contributed by atoms with Gasteiger partial charge in [0.1, 0.15) is 0 Å². The summed E-state index contributed by atoms with van der Waals surface area (Å²) in [5.74, 6) is 0. The van der Waals surface area contributed by atoms with Crippen LogP contribution < -0.4 is 5.73 Å². The third-order valence-electron chi connectivity index (χ3n) is 4.10. The first-order valence-electron chi connectivity index (χ1n) is 8.48. The van der Waals surface area contributed by atoms with Crippen molar-refractivity contribution in [3.63, 3.8) is 0 Å². The third kappa shape index (κ3) is 3.64. The lowest BCUT2D eigenvalue weighted by molar-refractivity contribution is 0.663. The van der Waals surface area contributed by atoms with Crippen LogP contribution >= 0.6 is 0 Å². The van der Waals surface area contributed by atoms with Gasteiger partial charge in [0, 0.05) is 37.0 Å². The van der Waals surface area contributed by atoms with E-state index < -0.39 is 0 Å². The number of pyridine rings is 1. The van der Waals surface area contributed by atoms with Gasteiger partial charge in [-0.25, -0.2) is 14.6 Å². The van der Waals surface area contributed by atoms with E-state index in [4.69, 9.17) is 5.73 Å². The molecule has 4 aromatic rings. The molecule has 0 aliphatic heterocycles. The molecule has 0 unspecified atom stereocenters. The Balaban J connectivity index is 1.64. The molecule has 8 heteroatoms. The summed E-state index contributed by atoms with van der Waals surface area (Å²) in [6.45, 7) is 0.549. The standard InChI is InChI=1S/C19H18N8/c1-21-8-6-15(20)10-16-11-23-18-19(24-16)27(26-25-18)12-13-4-5-17-14(9-13)3-2-7-22-17/h2-9,11H,10,12,20H2,1H3. The van der Waals surface area contributed by atoms with Crippen molar-refractivity contribution < 1.29 is 0 Å². The Kier molecular flexibility index (Phi) is 4.52. The minimum absolute atomic E-state index is 0.488. The van der Waals surface area contributed by atoms with Crippen molar-refractivity contribution in [1.29, 1.82) is 0 Å². The predicted molar refractivity (Wildman–Crippen MR) is 104 cm³/mol. The number of hydrogen-bond donors (Lipinski definition) is 1. The number of hydrogen-bond acceptors (Lipinski definition) is 7. The molecule has 0 aliphatic rings. The number of benzene rings is 1. The molecular weight excluding hydrogens is 340 g/mol. The van der Waals surface area contributed by atoms with Gasteiger partial charge in [0.25, 0.3) is 0 Å². The normalized spacial score (nSPS) is 12.4. The Labute approximate surface area is 155 Å². The summed E-state index contributed by atoms with van der Waals surface area (Å²) in [5.41, 5.74) is 10.6. The first kappa shape index (κ1) is 16.8. The monoisotopic (exact) mass is 358 g/mol. The third-order valence-corrected chi connectivity index (χ3v) is 4.10. The Morgan fingerprint density at radius 3 is 3.07 bits per heavy atom. The zero-order valence-electron chi connectivity index (χ0n) is 14.8. The molecule has 0 fully saturated rings. The van der Waals surface area contributed by atoms with Crippen molar-refractivity contribution in [1.82, 2.24) is 29.9 Å². The van der Waals surface area contributed by atoms with Gasteiger partial charge < -0.3 is 5.73 Å². The molecule has 0 saturated carbocycles. The maximum Gasteiger partial charge on any atom is 0.221 e. The van der Waals surface area contributed by atoms with Gasteiger partial charge in [0.05, 0.1) is 24.0 Å². The smallest absolute Gasteiger partial charge is 0.221 e. The molecule has 0 radical (unpaired) electrons. The molecule has 3 heterocycles. The number of aliphatic imine (C=N–C) groups is 1. The van der Waals surface area contributed by atoms with Gasteiger partial charge in [-0.3, -0.25) is 9.98 Å². The highest BCUT2D eigenvalue weighted by Gasteiger charge is 2.10. The molecule has 0 saturated heterocycles. The number of fused-ring (bicyclic) bond motifs is 2. The van der Waals surface area contributed by atoms with E-state index in [0.29, 0.717) is 30.0 Å². The van der Waals surface area contributed by atoms with E-state index in [1.165, 1.54) is 0 Å². The molecule has 0 bridgehead atoms. The largest absolute Gasteiger partial charge is 0.402 e. The number of nitrogens with zero attached hydrogens (tertiary/aromatic N) is 7. The van der Waals surface area contributed by atoms with Crippen LogP contribution in [-0.4, -0.2) is 43.2 Å². The maximum atomic E-state index is 5.98. The summed E-state index contributed by atoms with van der Waals surface area (Å²) in [6.07, 6.45) is 7.36. The topological polar surface area (TPSA) is 108 Å². The quantitative estimate of drug-likeness (QED) is 0.546. The summed E-state index contributed by atoms with van der Waals surface area (Å²) in [7, 11) is 1.70. The van der Waals surface area contributed by atoms with Crippen LogP contribution in [0.2, 0.25) is 0 Å². The summed E-state index contributed by atoms with van der Waals surface area (Å²) in [4.78, 5) is 17.2. The van der Waals surface area contributed by atoms with Gasteiger partial charge >= 0.3 is 0 Å². The highest BCUT2D eigenvalue weighted by Crippen LogP contribution is 2.16. The highest BCUT2D eigenvalue weighted by molar-refractivity contribution is 5.79.